The molecule has 0 N–H and O–H groups in total. The summed E-state index contributed by atoms with van der Waals surface area (Å²) in [7, 11) is 1.96. The molecule has 5 nitrogen and oxygen atoms in total. The molecule has 3 aromatic rings. The molecule has 0 atom stereocenters. The Morgan fingerprint density at radius 2 is 1.72 bits per heavy atom. The van der Waals surface area contributed by atoms with Crippen molar-refractivity contribution in [2.45, 2.75) is 65.0 Å². The number of ether oxygens (including phenoxy) is 1. The smallest absolute Gasteiger partial charge is 0.260 e. The Balaban J connectivity index is 1.27. The highest BCUT2D eigenvalue weighted by molar-refractivity contribution is 5.84. The van der Waals surface area contributed by atoms with Gasteiger partial charge in [0.25, 0.3) is 5.91 Å². The molecule has 0 bridgehead atoms. The van der Waals surface area contributed by atoms with Gasteiger partial charge in [0.2, 0.25) is 0 Å². The van der Waals surface area contributed by atoms with Crippen LogP contribution in [0.4, 0.5) is 0 Å². The molecule has 1 spiro atoms. The van der Waals surface area contributed by atoms with Crippen LogP contribution in [-0.4, -0.2) is 53.6 Å². The summed E-state index contributed by atoms with van der Waals surface area (Å²) in [6.07, 6.45) is 9.21. The molecule has 0 radical (unpaired) electrons. The summed E-state index contributed by atoms with van der Waals surface area (Å²) in [6, 6.07) is 17.4. The van der Waals surface area contributed by atoms with Crippen LogP contribution >= 0.6 is 0 Å². The van der Waals surface area contributed by atoms with Crippen LogP contribution in [0.25, 0.3) is 10.9 Å². The minimum atomic E-state index is 0.0775. The van der Waals surface area contributed by atoms with E-state index in [4.69, 9.17) is 4.74 Å². The van der Waals surface area contributed by atoms with Gasteiger partial charge in [-0.1, -0.05) is 42.8 Å². The van der Waals surface area contributed by atoms with E-state index < -0.39 is 0 Å². The summed E-state index contributed by atoms with van der Waals surface area (Å²) in [5.41, 5.74) is 4.18. The van der Waals surface area contributed by atoms with Gasteiger partial charge in [-0.05, 0) is 87.7 Å². The van der Waals surface area contributed by atoms with Crippen LogP contribution in [0.3, 0.4) is 0 Å². The largest absolute Gasteiger partial charge is 0.483 e. The lowest BCUT2D eigenvalue weighted by Gasteiger charge is -2.44. The highest BCUT2D eigenvalue weighted by atomic mass is 16.5. The van der Waals surface area contributed by atoms with Crippen molar-refractivity contribution < 1.29 is 9.53 Å². The second kappa shape index (κ2) is 10.7. The number of aryl methyl sites for hydroxylation is 1. The van der Waals surface area contributed by atoms with E-state index in [0.29, 0.717) is 6.04 Å². The second-order valence-electron chi connectivity index (χ2n) is 11.3. The van der Waals surface area contributed by atoms with Crippen molar-refractivity contribution in [1.29, 1.82) is 0 Å². The Kier molecular flexibility index (Phi) is 7.38. The number of fused-ring (bicyclic) bond motifs is 2. The fraction of sp³-hybridized carbons (Fsp3) is 0.516. The number of aromatic nitrogens is 1. The number of rotatable bonds is 3. The Bertz CT molecular complexity index is 1190. The molecule has 0 unspecified atom stereocenters. The molecule has 2 aliphatic heterocycles. The molecule has 1 saturated heterocycles. The van der Waals surface area contributed by atoms with E-state index in [1.807, 2.05) is 24.1 Å². The molecule has 0 saturated carbocycles. The van der Waals surface area contributed by atoms with Gasteiger partial charge in [-0.15, -0.1) is 0 Å². The lowest BCUT2D eigenvalue weighted by Crippen LogP contribution is -2.47. The van der Waals surface area contributed by atoms with E-state index in [-0.39, 0.29) is 17.9 Å². The van der Waals surface area contributed by atoms with E-state index >= 15 is 0 Å². The molecule has 5 rings (SSSR count). The minimum Gasteiger partial charge on any atom is -0.483 e. The van der Waals surface area contributed by atoms with Crippen LogP contribution in [0.5, 0.6) is 5.75 Å². The number of amides is 1. The quantitative estimate of drug-likeness (QED) is 0.450. The van der Waals surface area contributed by atoms with Gasteiger partial charge in [0.15, 0.2) is 6.61 Å². The summed E-state index contributed by atoms with van der Waals surface area (Å²) < 4.78 is 8.36. The molecular formula is C31H41N3O2. The fourth-order valence-electron chi connectivity index (χ4n) is 6.25. The third-order valence-corrected chi connectivity index (χ3v) is 8.42. The van der Waals surface area contributed by atoms with Crippen molar-refractivity contribution in [3.8, 4) is 5.75 Å². The molecule has 1 amide bonds. The summed E-state index contributed by atoms with van der Waals surface area (Å²) in [5.74, 6) is 0.940. The molecule has 3 heterocycles. The van der Waals surface area contributed by atoms with Gasteiger partial charge < -0.3 is 14.2 Å². The minimum absolute atomic E-state index is 0.0775. The molecule has 1 aromatic heterocycles. The van der Waals surface area contributed by atoms with Crippen LogP contribution in [0.2, 0.25) is 0 Å². The Hall–Kier alpha value is -2.79. The molecular weight excluding hydrogens is 446 g/mol. The number of hydrogen-bond acceptors (Lipinski definition) is 3. The number of piperidine rings is 1. The normalized spacial score (nSPS) is 19.7. The maximum Gasteiger partial charge on any atom is 0.260 e. The highest BCUT2D eigenvalue weighted by Gasteiger charge is 2.36. The average Bonchev–Trinajstić information content (AvgIpc) is 3.25. The Labute approximate surface area is 216 Å². The number of carbonyl (C=O) groups excluding carboxylic acids is 1. The van der Waals surface area contributed by atoms with Gasteiger partial charge in [-0.2, -0.15) is 0 Å². The van der Waals surface area contributed by atoms with E-state index in [2.05, 4.69) is 65.9 Å². The van der Waals surface area contributed by atoms with Crippen molar-refractivity contribution >= 4 is 16.8 Å². The number of para-hydroxylation sites is 2. The summed E-state index contributed by atoms with van der Waals surface area (Å²) in [6.45, 7) is 8.63. The second-order valence-corrected chi connectivity index (χ2v) is 11.3. The first kappa shape index (κ1) is 24.9. The summed E-state index contributed by atoms with van der Waals surface area (Å²) >= 11 is 0. The number of hydrogen-bond donors (Lipinski definition) is 0. The van der Waals surface area contributed by atoms with Gasteiger partial charge in [-0.25, -0.2) is 0 Å². The van der Waals surface area contributed by atoms with Crippen LogP contribution < -0.4 is 4.74 Å². The van der Waals surface area contributed by atoms with Crippen molar-refractivity contribution in [2.75, 3.05) is 33.3 Å². The summed E-state index contributed by atoms with van der Waals surface area (Å²) in [5, 5.41) is 1.38. The first-order valence-electron chi connectivity index (χ1n) is 13.7. The zero-order valence-corrected chi connectivity index (χ0v) is 22.2. The number of likely N-dealkylation sites (tertiary alicyclic amines) is 1. The van der Waals surface area contributed by atoms with Crippen molar-refractivity contribution in [1.82, 2.24) is 14.4 Å². The van der Waals surface area contributed by atoms with Gasteiger partial charge >= 0.3 is 0 Å². The molecule has 192 valence electrons. The molecule has 2 aliphatic rings. The number of nitrogens with zero attached hydrogens (tertiary/aromatic N) is 3. The Morgan fingerprint density at radius 1 is 0.972 bits per heavy atom. The van der Waals surface area contributed by atoms with Crippen molar-refractivity contribution in [3.05, 3.63) is 65.9 Å². The number of likely N-dealkylation sites (N-methyl/N-ethyl adjacent to an activating group) is 1. The van der Waals surface area contributed by atoms with Gasteiger partial charge in [0, 0.05) is 43.3 Å². The topological polar surface area (TPSA) is 37.7 Å². The monoisotopic (exact) mass is 487 g/mol. The third kappa shape index (κ3) is 5.31. The first-order valence-corrected chi connectivity index (χ1v) is 13.7. The maximum absolute atomic E-state index is 12.9. The summed E-state index contributed by atoms with van der Waals surface area (Å²) in [4.78, 5) is 17.5. The van der Waals surface area contributed by atoms with Gasteiger partial charge in [-0.3, -0.25) is 9.69 Å². The standard InChI is InChI=1S/C31H41N3O2/c1-24(2)34-21-26(27-12-5-6-13-28(27)34)20-33-18-16-31(17-19-33)15-9-8-11-25-10-4-7-14-29(25)36-22-30(35)32(3)23-31/h4-7,10,12-14,21,24H,8-9,11,15-20,22-23H2,1-3H3. The predicted octanol–water partition coefficient (Wildman–Crippen LogP) is 6.07. The van der Waals surface area contributed by atoms with Crippen LogP contribution in [0.15, 0.2) is 54.7 Å². The van der Waals surface area contributed by atoms with Crippen molar-refractivity contribution in [3.63, 3.8) is 0 Å². The van der Waals surface area contributed by atoms with E-state index in [0.717, 1.165) is 57.6 Å². The molecule has 2 aromatic carbocycles. The average molecular weight is 488 g/mol. The fourth-order valence-corrected chi connectivity index (χ4v) is 6.25. The number of carbonyl (C=O) groups is 1. The molecule has 36 heavy (non-hydrogen) atoms. The van der Waals surface area contributed by atoms with Crippen molar-refractivity contribution in [2.24, 2.45) is 5.41 Å². The SMILES string of the molecule is CC(C)n1cc(CN2CCC3(CCCCc4ccccc4OCC(=O)N(C)C3)CC2)c2ccccc21. The number of benzene rings is 2. The third-order valence-electron chi connectivity index (χ3n) is 8.42. The molecule has 5 heteroatoms. The van der Waals surface area contributed by atoms with Gasteiger partial charge in [0.05, 0.1) is 0 Å². The lowest BCUT2D eigenvalue weighted by atomic mass is 9.73. The van der Waals surface area contributed by atoms with E-state index in [9.17, 15) is 4.79 Å². The zero-order valence-electron chi connectivity index (χ0n) is 22.2. The van der Waals surface area contributed by atoms with Crippen LogP contribution in [-0.2, 0) is 17.8 Å². The van der Waals surface area contributed by atoms with Crippen LogP contribution in [0.1, 0.15) is 63.1 Å². The van der Waals surface area contributed by atoms with E-state index in [1.54, 1.807) is 0 Å². The lowest BCUT2D eigenvalue weighted by molar-refractivity contribution is -0.134. The van der Waals surface area contributed by atoms with Crippen LogP contribution in [0, 0.1) is 5.41 Å². The first-order chi connectivity index (χ1) is 17.4. The molecule has 1 fully saturated rings. The molecule has 0 aliphatic carbocycles. The zero-order chi connectivity index (χ0) is 25.1. The maximum atomic E-state index is 12.9. The Morgan fingerprint density at radius 3 is 2.53 bits per heavy atom. The van der Waals surface area contributed by atoms with E-state index in [1.165, 1.54) is 34.9 Å². The highest BCUT2D eigenvalue weighted by Crippen LogP contribution is 2.39. The predicted molar refractivity (Wildman–Crippen MR) is 146 cm³/mol. The van der Waals surface area contributed by atoms with Gasteiger partial charge in [0.1, 0.15) is 5.75 Å².